The molecule has 11 heteroatoms. The van der Waals surface area contributed by atoms with Gasteiger partial charge in [0.1, 0.15) is 0 Å². The monoisotopic (exact) mass is 522 g/mol. The summed E-state index contributed by atoms with van der Waals surface area (Å²) in [4.78, 5) is 49.1. The molecular formula is C26H22N2O8S. The fourth-order valence-electron chi connectivity index (χ4n) is 3.58. The van der Waals surface area contributed by atoms with Crippen molar-refractivity contribution >= 4 is 46.9 Å². The predicted molar refractivity (Wildman–Crippen MR) is 136 cm³/mol. The van der Waals surface area contributed by atoms with E-state index in [2.05, 4.69) is 10.6 Å². The van der Waals surface area contributed by atoms with Crippen LogP contribution in [-0.2, 0) is 4.79 Å². The first-order chi connectivity index (χ1) is 17.7. The molecule has 10 nitrogen and oxygen atoms in total. The van der Waals surface area contributed by atoms with Gasteiger partial charge in [0.2, 0.25) is 12.7 Å². The summed E-state index contributed by atoms with van der Waals surface area (Å²) in [5, 5.41) is 23.6. The maximum absolute atomic E-state index is 12.9. The number of benzene rings is 3. The summed E-state index contributed by atoms with van der Waals surface area (Å²) in [7, 11) is 0. The molecule has 37 heavy (non-hydrogen) atoms. The maximum Gasteiger partial charge on any atom is 0.336 e. The van der Waals surface area contributed by atoms with Crippen molar-refractivity contribution in [3.8, 4) is 11.5 Å². The fraction of sp³-hybridized carbons (Fsp3) is 0.154. The van der Waals surface area contributed by atoms with Gasteiger partial charge in [-0.05, 0) is 55.0 Å². The van der Waals surface area contributed by atoms with E-state index in [4.69, 9.17) is 14.6 Å². The highest BCUT2D eigenvalue weighted by molar-refractivity contribution is 8.00. The molecule has 1 unspecified atom stereocenters. The minimum atomic E-state index is -1.42. The van der Waals surface area contributed by atoms with Crippen LogP contribution in [0, 0.1) is 0 Å². The van der Waals surface area contributed by atoms with E-state index in [0.29, 0.717) is 34.2 Å². The van der Waals surface area contributed by atoms with Gasteiger partial charge in [-0.15, -0.1) is 11.8 Å². The molecule has 0 aromatic heterocycles. The summed E-state index contributed by atoms with van der Waals surface area (Å²) in [6.07, 6.45) is 0.537. The van der Waals surface area contributed by atoms with E-state index in [1.54, 1.807) is 42.5 Å². The Kier molecular flexibility index (Phi) is 7.63. The van der Waals surface area contributed by atoms with Crippen molar-refractivity contribution in [2.24, 2.45) is 0 Å². The predicted octanol–water partition coefficient (Wildman–Crippen LogP) is 4.57. The summed E-state index contributed by atoms with van der Waals surface area (Å²) in [5.74, 6) is -2.45. The van der Waals surface area contributed by atoms with E-state index in [0.717, 1.165) is 12.1 Å². The van der Waals surface area contributed by atoms with Crippen LogP contribution in [0.15, 0.2) is 65.6 Å². The molecule has 3 aromatic rings. The molecule has 0 radical (unpaired) electrons. The molecule has 2 amide bonds. The zero-order chi connectivity index (χ0) is 26.5. The second kappa shape index (κ2) is 11.0. The van der Waals surface area contributed by atoms with Gasteiger partial charge < -0.3 is 30.3 Å². The zero-order valence-corrected chi connectivity index (χ0v) is 20.3. The average molecular weight is 523 g/mol. The van der Waals surface area contributed by atoms with Crippen molar-refractivity contribution in [1.29, 1.82) is 0 Å². The van der Waals surface area contributed by atoms with E-state index in [-0.39, 0.29) is 23.8 Å². The lowest BCUT2D eigenvalue weighted by Gasteiger charge is -2.16. The number of anilines is 2. The van der Waals surface area contributed by atoms with E-state index in [1.807, 2.05) is 6.92 Å². The van der Waals surface area contributed by atoms with Crippen LogP contribution in [0.2, 0.25) is 0 Å². The Morgan fingerprint density at radius 3 is 2.35 bits per heavy atom. The summed E-state index contributed by atoms with van der Waals surface area (Å²) >= 11 is 1.31. The van der Waals surface area contributed by atoms with Crippen LogP contribution >= 0.6 is 11.8 Å². The van der Waals surface area contributed by atoms with Gasteiger partial charge in [-0.3, -0.25) is 9.59 Å². The molecule has 1 heterocycles. The summed E-state index contributed by atoms with van der Waals surface area (Å²) in [5.41, 5.74) is 0.133. The maximum atomic E-state index is 12.9. The van der Waals surface area contributed by atoms with Gasteiger partial charge in [0.25, 0.3) is 5.91 Å². The first kappa shape index (κ1) is 25.6. The van der Waals surface area contributed by atoms with Crippen LogP contribution in [0.25, 0.3) is 0 Å². The quantitative estimate of drug-likeness (QED) is 0.296. The van der Waals surface area contributed by atoms with Gasteiger partial charge in [-0.25, -0.2) is 9.59 Å². The third kappa shape index (κ3) is 6.01. The van der Waals surface area contributed by atoms with Crippen LogP contribution in [0.4, 0.5) is 11.4 Å². The Morgan fingerprint density at radius 2 is 1.62 bits per heavy atom. The summed E-state index contributed by atoms with van der Waals surface area (Å²) in [6.45, 7) is 2.02. The third-order valence-corrected chi connectivity index (χ3v) is 6.77. The number of amides is 2. The number of rotatable bonds is 9. The van der Waals surface area contributed by atoms with Crippen molar-refractivity contribution in [3.05, 3.63) is 77.4 Å². The molecule has 1 atom stereocenters. The largest absolute Gasteiger partial charge is 0.478 e. The SMILES string of the molecule is CCC(Sc1cccc(NC(=O)c2ccc(C(=O)O)cc2C(=O)O)c1)C(=O)Nc1ccc2c(c1)OCO2. The summed E-state index contributed by atoms with van der Waals surface area (Å²) in [6, 6.07) is 15.2. The highest BCUT2D eigenvalue weighted by Gasteiger charge is 2.22. The van der Waals surface area contributed by atoms with Crippen molar-refractivity contribution < 1.29 is 38.9 Å². The molecular weight excluding hydrogens is 500 g/mol. The number of nitrogens with one attached hydrogen (secondary N) is 2. The molecule has 0 saturated heterocycles. The minimum Gasteiger partial charge on any atom is -0.478 e. The van der Waals surface area contributed by atoms with Crippen molar-refractivity contribution in [3.63, 3.8) is 0 Å². The highest BCUT2D eigenvalue weighted by Crippen LogP contribution is 2.35. The Labute approximate surface area is 215 Å². The third-order valence-electron chi connectivity index (χ3n) is 5.42. The van der Waals surface area contributed by atoms with Gasteiger partial charge in [0.05, 0.1) is 21.9 Å². The number of carboxylic acids is 2. The molecule has 0 fully saturated rings. The lowest BCUT2D eigenvalue weighted by Crippen LogP contribution is -2.24. The first-order valence-corrected chi connectivity index (χ1v) is 12.0. The van der Waals surface area contributed by atoms with E-state index < -0.39 is 28.7 Å². The van der Waals surface area contributed by atoms with Crippen LogP contribution < -0.4 is 20.1 Å². The van der Waals surface area contributed by atoms with E-state index in [1.165, 1.54) is 17.8 Å². The number of ether oxygens (including phenoxy) is 2. The number of aromatic carboxylic acids is 2. The molecule has 4 rings (SSSR count). The number of carbonyl (C=O) groups excluding carboxylic acids is 2. The minimum absolute atomic E-state index is 0.137. The lowest BCUT2D eigenvalue weighted by atomic mass is 10.0. The van der Waals surface area contributed by atoms with Gasteiger partial charge in [0, 0.05) is 22.3 Å². The molecule has 1 aliphatic rings. The molecule has 4 N–H and O–H groups in total. The molecule has 0 aliphatic carbocycles. The number of hydrogen-bond acceptors (Lipinski definition) is 7. The number of hydrogen-bond donors (Lipinski definition) is 4. The smallest absolute Gasteiger partial charge is 0.336 e. The number of carbonyl (C=O) groups is 4. The normalized spacial score (nSPS) is 12.5. The zero-order valence-electron chi connectivity index (χ0n) is 19.5. The average Bonchev–Trinajstić information content (AvgIpc) is 3.35. The van der Waals surface area contributed by atoms with Gasteiger partial charge in [-0.1, -0.05) is 13.0 Å². The number of fused-ring (bicyclic) bond motifs is 1. The van der Waals surface area contributed by atoms with Crippen LogP contribution in [0.1, 0.15) is 44.4 Å². The first-order valence-electron chi connectivity index (χ1n) is 11.1. The standard InChI is InChI=1S/C26H22N2O8S/c1-2-22(24(30)28-16-7-9-20-21(12-16)36-13-35-20)37-17-5-3-4-15(11-17)27-23(29)18-8-6-14(25(31)32)10-19(18)26(33)34/h3-12,22H,2,13H2,1H3,(H,27,29)(H,28,30)(H,31,32)(H,33,34). The van der Waals surface area contributed by atoms with Crippen LogP contribution in [0.5, 0.6) is 11.5 Å². The van der Waals surface area contributed by atoms with Crippen LogP contribution in [-0.4, -0.2) is 46.0 Å². The summed E-state index contributed by atoms with van der Waals surface area (Å²) < 4.78 is 10.6. The Balaban J connectivity index is 1.45. The fourth-order valence-corrected chi connectivity index (χ4v) is 4.59. The van der Waals surface area contributed by atoms with Crippen molar-refractivity contribution in [1.82, 2.24) is 0 Å². The van der Waals surface area contributed by atoms with E-state index in [9.17, 15) is 24.3 Å². The lowest BCUT2D eigenvalue weighted by molar-refractivity contribution is -0.115. The second-order valence-corrected chi connectivity index (χ2v) is 9.20. The number of thioether (sulfide) groups is 1. The molecule has 1 aliphatic heterocycles. The molecule has 0 spiro atoms. The van der Waals surface area contributed by atoms with Crippen molar-refractivity contribution in [2.75, 3.05) is 17.4 Å². The van der Waals surface area contributed by atoms with Gasteiger partial charge >= 0.3 is 11.9 Å². The highest BCUT2D eigenvalue weighted by atomic mass is 32.2. The Bertz CT molecular complexity index is 1390. The molecule has 0 saturated carbocycles. The molecule has 0 bridgehead atoms. The molecule has 190 valence electrons. The van der Waals surface area contributed by atoms with E-state index >= 15 is 0 Å². The Morgan fingerprint density at radius 1 is 0.865 bits per heavy atom. The van der Waals surface area contributed by atoms with Crippen LogP contribution in [0.3, 0.4) is 0 Å². The van der Waals surface area contributed by atoms with Crippen molar-refractivity contribution in [2.45, 2.75) is 23.5 Å². The topological polar surface area (TPSA) is 151 Å². The van der Waals surface area contributed by atoms with Gasteiger partial charge in [0.15, 0.2) is 11.5 Å². The van der Waals surface area contributed by atoms with Gasteiger partial charge in [-0.2, -0.15) is 0 Å². The Hall–Kier alpha value is -4.51. The second-order valence-electron chi connectivity index (χ2n) is 7.92. The molecule has 3 aromatic carbocycles. The number of carboxylic acid groups (broad SMARTS) is 2.